The molecule has 3 heteroatoms. The molecule has 0 aliphatic rings. The number of unbranched alkanes of at least 4 members (excludes halogenated alkanes) is 24. The van der Waals surface area contributed by atoms with Gasteiger partial charge in [0.1, 0.15) is 0 Å². The Labute approximate surface area is 331 Å². The zero-order valence-corrected chi connectivity index (χ0v) is 35.9. The molecule has 295 valence electrons. The molecule has 2 aromatic rings. The summed E-state index contributed by atoms with van der Waals surface area (Å²) in [5.41, 5.74) is 9.24. The molecule has 0 N–H and O–H groups in total. The van der Waals surface area contributed by atoms with E-state index in [0.29, 0.717) is 0 Å². The number of hydrogen-bond donors (Lipinski definition) is 0. The first kappa shape index (κ1) is 46.2. The van der Waals surface area contributed by atoms with Gasteiger partial charge in [-0.1, -0.05) is 116 Å². The van der Waals surface area contributed by atoms with Crippen LogP contribution in [-0.2, 0) is 15.7 Å². The van der Waals surface area contributed by atoms with E-state index in [9.17, 15) is 0 Å². The van der Waals surface area contributed by atoms with Gasteiger partial charge in [0.05, 0.1) is 0 Å². The topological polar surface area (TPSA) is 15.4 Å². The summed E-state index contributed by atoms with van der Waals surface area (Å²) < 4.78 is 2.02. The second-order valence-corrected chi connectivity index (χ2v) is 16.4. The van der Waals surface area contributed by atoms with Gasteiger partial charge in [0, 0.05) is 0 Å². The number of allylic oxidation sites excluding steroid dienone is 2. The number of hydrogen-bond acceptors (Lipinski definition) is 1. The average Bonchev–Trinajstić information content (AvgIpc) is 3.10. The zero-order chi connectivity index (χ0) is 37.7. The van der Waals surface area contributed by atoms with Gasteiger partial charge in [0.15, 0.2) is 0 Å². The van der Waals surface area contributed by atoms with Gasteiger partial charge in [-0.25, -0.2) is 0 Å². The van der Waals surface area contributed by atoms with Crippen LogP contribution < -0.4 is 0 Å². The first-order valence-corrected chi connectivity index (χ1v) is 22.5. The number of aryl methyl sites for hydroxylation is 4. The van der Waals surface area contributed by atoms with Crippen LogP contribution in [0.2, 0.25) is 0 Å². The second kappa shape index (κ2) is 30.4. The van der Waals surface area contributed by atoms with Gasteiger partial charge < -0.3 is 0 Å². The van der Waals surface area contributed by atoms with E-state index in [-0.39, 0.29) is 0 Å². The van der Waals surface area contributed by atoms with Crippen LogP contribution >= 0.6 is 0 Å². The van der Waals surface area contributed by atoms with Gasteiger partial charge in [0.2, 0.25) is 0 Å². The standard InChI is InChI=1S/C49H80N2.Ni/c1-7-9-11-12-13-14-15-16-17-18-19-20-21-22-23-24-25-26-27-28-29-30-31-32-33-35-49(51-47-40-44(5)37-45(6)41-47)48(34-10-8-2)50-46-38-42(3)36-43(4)39-46;/h33,35-41H,7-32,34H2,1-6H3;/q;+1. The predicted molar refractivity (Wildman–Crippen MR) is 229 cm³/mol. The van der Waals surface area contributed by atoms with Crippen LogP contribution in [0.25, 0.3) is 0 Å². The normalized spacial score (nSPS) is 12.7. The van der Waals surface area contributed by atoms with E-state index >= 15 is 0 Å². The molecular formula is C49H80N2Ni+. The Balaban J connectivity index is 1.68. The molecule has 0 heterocycles. The summed E-state index contributed by atoms with van der Waals surface area (Å²) >= 11 is 5.74. The summed E-state index contributed by atoms with van der Waals surface area (Å²) in [5.74, 6) is 0. The van der Waals surface area contributed by atoms with E-state index < -0.39 is 0 Å². The van der Waals surface area contributed by atoms with Gasteiger partial charge in [-0.3, -0.25) is 0 Å². The number of benzene rings is 2. The van der Waals surface area contributed by atoms with E-state index in [0.717, 1.165) is 48.5 Å². The van der Waals surface area contributed by atoms with Crippen molar-refractivity contribution in [3.63, 3.8) is 0 Å². The molecule has 0 saturated heterocycles. The predicted octanol–water partition coefficient (Wildman–Crippen LogP) is 16.4. The van der Waals surface area contributed by atoms with Gasteiger partial charge in [0.25, 0.3) is 0 Å². The molecule has 2 rings (SSSR count). The van der Waals surface area contributed by atoms with Crippen molar-refractivity contribution < 1.29 is 19.3 Å². The molecule has 0 fully saturated rings. The molecule has 0 radical (unpaired) electrons. The Bertz CT molecular complexity index is 1260. The molecule has 0 spiro atoms. The summed E-state index contributed by atoms with van der Waals surface area (Å²) in [7, 11) is 0. The van der Waals surface area contributed by atoms with E-state index in [4.69, 9.17) is 20.7 Å². The van der Waals surface area contributed by atoms with E-state index in [1.54, 1.807) is 0 Å². The van der Waals surface area contributed by atoms with Crippen LogP contribution in [0.4, 0.5) is 11.4 Å². The van der Waals surface area contributed by atoms with Crippen molar-refractivity contribution >= 4 is 22.8 Å². The number of rotatable bonds is 31. The van der Waals surface area contributed by atoms with Crippen molar-refractivity contribution in [2.75, 3.05) is 0 Å². The monoisotopic (exact) mass is 755 g/mol. The molecule has 0 atom stereocenters. The third-order valence-electron chi connectivity index (χ3n) is 10.4. The number of aliphatic imine (C=N–C) groups is 1. The van der Waals surface area contributed by atoms with Crippen LogP contribution in [0.1, 0.15) is 209 Å². The van der Waals surface area contributed by atoms with E-state index in [1.165, 1.54) is 170 Å². The maximum absolute atomic E-state index is 5.74. The van der Waals surface area contributed by atoms with Crippen LogP contribution in [0.5, 0.6) is 0 Å². The molecular weight excluding hydrogens is 675 g/mol. The molecule has 2 nitrogen and oxygen atoms in total. The van der Waals surface area contributed by atoms with E-state index in [2.05, 4.69) is 90.1 Å². The molecule has 0 unspecified atom stereocenters. The third kappa shape index (κ3) is 22.3. The van der Waals surface area contributed by atoms with Crippen molar-refractivity contribution in [1.29, 1.82) is 0 Å². The quantitative estimate of drug-likeness (QED) is 0.0414. The molecule has 2 aromatic carbocycles. The molecule has 0 aromatic heterocycles. The zero-order valence-electron chi connectivity index (χ0n) is 34.9. The van der Waals surface area contributed by atoms with Crippen LogP contribution in [0, 0.1) is 27.7 Å². The van der Waals surface area contributed by atoms with E-state index in [1.807, 2.05) is 3.66 Å². The fourth-order valence-electron chi connectivity index (χ4n) is 7.46. The summed E-state index contributed by atoms with van der Waals surface area (Å²) in [6, 6.07) is 13.2. The Morgan fingerprint density at radius 1 is 0.500 bits per heavy atom. The molecule has 0 saturated carbocycles. The molecule has 52 heavy (non-hydrogen) atoms. The molecule has 0 bridgehead atoms. The van der Waals surface area contributed by atoms with Crippen molar-refractivity contribution in [2.24, 2.45) is 4.99 Å². The van der Waals surface area contributed by atoms with Crippen molar-refractivity contribution in [2.45, 2.75) is 215 Å². The third-order valence-corrected chi connectivity index (χ3v) is 10.9. The molecule has 0 aliphatic heterocycles. The van der Waals surface area contributed by atoms with Gasteiger partial charge in [-0.05, 0) is 0 Å². The Morgan fingerprint density at radius 2 is 0.865 bits per heavy atom. The minimum absolute atomic E-state index is 0.927. The van der Waals surface area contributed by atoms with Gasteiger partial charge >= 0.3 is 217 Å². The first-order valence-electron chi connectivity index (χ1n) is 22.0. The summed E-state index contributed by atoms with van der Waals surface area (Å²) in [6.07, 6.45) is 41.7. The molecule has 0 amide bonds. The maximum atomic E-state index is 5.74. The first-order chi connectivity index (χ1) is 25.3. The second-order valence-electron chi connectivity index (χ2n) is 16.0. The summed E-state index contributed by atoms with van der Waals surface area (Å²) in [6.45, 7) is 13.2. The fourth-order valence-corrected chi connectivity index (χ4v) is 7.81. The van der Waals surface area contributed by atoms with Gasteiger partial charge in [-0.15, -0.1) is 0 Å². The summed E-state index contributed by atoms with van der Waals surface area (Å²) in [4.78, 5) is 5.25. The van der Waals surface area contributed by atoms with Crippen molar-refractivity contribution in [3.8, 4) is 0 Å². The Morgan fingerprint density at radius 3 is 1.27 bits per heavy atom. The fraction of sp³-hybridized carbons (Fsp3) is 0.673. The SMILES string of the molecule is CCCCCCCCCCCCCCCCCCCCCCCCCC=CC(=Nc1cc(C)cc(C)c1)C(CCCC)=[N+]([Ni])c1cc(C)cc(C)c1. The van der Waals surface area contributed by atoms with Crippen LogP contribution in [0.15, 0.2) is 53.5 Å². The average molecular weight is 756 g/mol. The summed E-state index contributed by atoms with van der Waals surface area (Å²) in [5, 5.41) is 0. The Hall–Kier alpha value is -1.99. The van der Waals surface area contributed by atoms with Crippen molar-refractivity contribution in [3.05, 3.63) is 70.8 Å². The minimum atomic E-state index is 0.927. The number of nitrogens with zero attached hydrogens (tertiary/aromatic N) is 2. The van der Waals surface area contributed by atoms with Crippen LogP contribution in [-0.4, -0.2) is 15.1 Å². The van der Waals surface area contributed by atoms with Gasteiger partial charge in [-0.2, -0.15) is 0 Å². The Kier molecular flexibility index (Phi) is 26.9. The van der Waals surface area contributed by atoms with Crippen molar-refractivity contribution in [1.82, 2.24) is 0 Å². The molecule has 0 aliphatic carbocycles. The van der Waals surface area contributed by atoms with Crippen LogP contribution in [0.3, 0.4) is 0 Å².